The zero-order valence-electron chi connectivity index (χ0n) is 11.0. The second kappa shape index (κ2) is 5.63. The molecule has 0 aliphatic heterocycles. The molecule has 0 heterocycles. The van der Waals surface area contributed by atoms with Gasteiger partial charge in [0.1, 0.15) is 0 Å². The van der Waals surface area contributed by atoms with Crippen LogP contribution >= 0.6 is 15.9 Å². The Hall–Kier alpha value is -0.190. The first-order chi connectivity index (χ1) is 7.71. The first kappa shape index (κ1) is 14.9. The van der Waals surface area contributed by atoms with E-state index >= 15 is 0 Å². The Labute approximate surface area is 115 Å². The van der Waals surface area contributed by atoms with Gasteiger partial charge in [0.15, 0.2) is 0 Å². The molecule has 1 N–H and O–H groups in total. The van der Waals surface area contributed by atoms with Crippen molar-refractivity contribution in [3.05, 3.63) is 33.8 Å². The van der Waals surface area contributed by atoms with Crippen molar-refractivity contribution in [2.45, 2.75) is 45.4 Å². The van der Waals surface area contributed by atoms with Crippen LogP contribution in [0.2, 0.25) is 0 Å². The molecule has 2 nitrogen and oxygen atoms in total. The summed E-state index contributed by atoms with van der Waals surface area (Å²) in [6.45, 7) is 9.98. The smallest absolute Gasteiger partial charge is 0.0975 e. The minimum Gasteiger partial charge on any atom is -0.242 e. The fourth-order valence-corrected chi connectivity index (χ4v) is 2.49. The summed E-state index contributed by atoms with van der Waals surface area (Å²) >= 11 is 3.52. The van der Waals surface area contributed by atoms with Gasteiger partial charge in [0.25, 0.3) is 0 Å². The number of hydrogen-bond acceptors (Lipinski definition) is 1. The topological polar surface area (TPSA) is 29.1 Å². The third kappa shape index (κ3) is 4.19. The highest BCUT2D eigenvalue weighted by Gasteiger charge is 2.21. The van der Waals surface area contributed by atoms with E-state index in [1.807, 2.05) is 27.7 Å². The summed E-state index contributed by atoms with van der Waals surface area (Å²) in [7, 11) is -1.05. The lowest BCUT2D eigenvalue weighted by Gasteiger charge is -2.22. The van der Waals surface area contributed by atoms with E-state index in [9.17, 15) is 4.21 Å². The molecule has 0 radical (unpaired) electrons. The maximum atomic E-state index is 12.0. The average molecular weight is 318 g/mol. The van der Waals surface area contributed by atoms with Gasteiger partial charge in [0.2, 0.25) is 0 Å². The minimum absolute atomic E-state index is 0.0759. The second-order valence-corrected chi connectivity index (χ2v) is 8.08. The van der Waals surface area contributed by atoms with Crippen molar-refractivity contribution in [1.29, 1.82) is 0 Å². The van der Waals surface area contributed by atoms with Crippen LogP contribution in [0.1, 0.15) is 44.9 Å². The number of benzene rings is 1. The van der Waals surface area contributed by atoms with Gasteiger partial charge < -0.3 is 0 Å². The lowest BCUT2D eigenvalue weighted by molar-refractivity contribution is 0.616. The maximum absolute atomic E-state index is 12.0. The summed E-state index contributed by atoms with van der Waals surface area (Å²) in [4.78, 5) is 0. The van der Waals surface area contributed by atoms with Crippen molar-refractivity contribution in [3.63, 3.8) is 0 Å². The molecule has 0 aromatic heterocycles. The molecule has 0 aliphatic carbocycles. The molecule has 0 aliphatic rings. The number of halogens is 1. The normalized spacial score (nSPS) is 15.6. The minimum atomic E-state index is -1.05. The van der Waals surface area contributed by atoms with Gasteiger partial charge >= 0.3 is 0 Å². The van der Waals surface area contributed by atoms with Crippen molar-refractivity contribution in [3.8, 4) is 0 Å². The van der Waals surface area contributed by atoms with E-state index in [0.717, 1.165) is 10.0 Å². The Kier molecular flexibility index (Phi) is 4.93. The average Bonchev–Trinajstić information content (AvgIpc) is 2.20. The van der Waals surface area contributed by atoms with Crippen LogP contribution in [0.3, 0.4) is 0 Å². The van der Waals surface area contributed by atoms with Crippen LogP contribution < -0.4 is 4.72 Å². The molecule has 1 aromatic rings. The van der Waals surface area contributed by atoms with Crippen molar-refractivity contribution in [2.24, 2.45) is 0 Å². The summed E-state index contributed by atoms with van der Waals surface area (Å²) in [5, 5.41) is 0. The summed E-state index contributed by atoms with van der Waals surface area (Å²) in [5.74, 6) is 0. The Morgan fingerprint density at radius 3 is 2.41 bits per heavy atom. The highest BCUT2D eigenvalue weighted by Crippen LogP contribution is 2.23. The molecule has 2 atom stereocenters. The Morgan fingerprint density at radius 1 is 1.35 bits per heavy atom. The van der Waals surface area contributed by atoms with Crippen LogP contribution in [0.25, 0.3) is 0 Å². The third-order valence-corrected chi connectivity index (χ3v) is 5.07. The van der Waals surface area contributed by atoms with Gasteiger partial charge in [-0.15, -0.1) is 0 Å². The van der Waals surface area contributed by atoms with E-state index in [2.05, 4.69) is 45.8 Å². The molecule has 1 rings (SSSR count). The van der Waals surface area contributed by atoms with Gasteiger partial charge in [0.05, 0.1) is 15.7 Å². The Bertz CT molecular complexity index is 426. The molecular weight excluding hydrogens is 298 g/mol. The monoisotopic (exact) mass is 317 g/mol. The van der Waals surface area contributed by atoms with Crippen LogP contribution in [0, 0.1) is 6.92 Å². The van der Waals surface area contributed by atoms with Crippen molar-refractivity contribution >= 4 is 26.9 Å². The highest BCUT2D eigenvalue weighted by molar-refractivity contribution is 9.10. The standard InChI is InChI=1S/C13H20BrNOS/c1-9-6-7-11(8-12(9)14)10(2)15-17(16)13(3,4)5/h6-8,10,15H,1-5H3. The van der Waals surface area contributed by atoms with Crippen LogP contribution in [0.4, 0.5) is 0 Å². The number of aryl methyl sites for hydroxylation is 1. The molecular formula is C13H20BrNOS. The molecule has 0 amide bonds. The SMILES string of the molecule is Cc1ccc(C(C)NS(=O)C(C)(C)C)cc1Br. The molecule has 96 valence electrons. The van der Waals surface area contributed by atoms with Crippen molar-refractivity contribution < 1.29 is 4.21 Å². The van der Waals surface area contributed by atoms with Crippen LogP contribution in [0.15, 0.2) is 22.7 Å². The molecule has 0 saturated carbocycles. The fourth-order valence-electron chi connectivity index (χ4n) is 1.28. The van der Waals surface area contributed by atoms with E-state index in [1.165, 1.54) is 5.56 Å². The fraction of sp³-hybridized carbons (Fsp3) is 0.538. The van der Waals surface area contributed by atoms with Crippen molar-refractivity contribution in [1.82, 2.24) is 4.72 Å². The van der Waals surface area contributed by atoms with E-state index < -0.39 is 11.0 Å². The van der Waals surface area contributed by atoms with Crippen LogP contribution in [-0.4, -0.2) is 8.96 Å². The quantitative estimate of drug-likeness (QED) is 0.900. The van der Waals surface area contributed by atoms with E-state index in [4.69, 9.17) is 0 Å². The van der Waals surface area contributed by atoms with Gasteiger partial charge in [-0.2, -0.15) is 0 Å². The van der Waals surface area contributed by atoms with Gasteiger partial charge in [-0.1, -0.05) is 28.1 Å². The number of hydrogen-bond donors (Lipinski definition) is 1. The number of nitrogens with one attached hydrogen (secondary N) is 1. The molecule has 0 bridgehead atoms. The predicted molar refractivity (Wildman–Crippen MR) is 78.3 cm³/mol. The lowest BCUT2D eigenvalue weighted by Crippen LogP contribution is -2.34. The first-order valence-electron chi connectivity index (χ1n) is 5.66. The van der Waals surface area contributed by atoms with E-state index in [1.54, 1.807) is 0 Å². The van der Waals surface area contributed by atoms with Gasteiger partial charge in [0, 0.05) is 10.5 Å². The predicted octanol–water partition coefficient (Wildman–Crippen LogP) is 3.87. The van der Waals surface area contributed by atoms with Crippen LogP contribution in [0.5, 0.6) is 0 Å². The number of rotatable bonds is 3. The largest absolute Gasteiger partial charge is 0.242 e. The van der Waals surface area contributed by atoms with Crippen molar-refractivity contribution in [2.75, 3.05) is 0 Å². The Balaban J connectivity index is 2.80. The lowest BCUT2D eigenvalue weighted by atomic mass is 10.1. The zero-order chi connectivity index (χ0) is 13.2. The molecule has 17 heavy (non-hydrogen) atoms. The molecule has 4 heteroatoms. The summed E-state index contributed by atoms with van der Waals surface area (Å²) in [6, 6.07) is 6.29. The molecule has 1 aromatic carbocycles. The summed E-state index contributed by atoms with van der Waals surface area (Å²) < 4.78 is 16.0. The summed E-state index contributed by atoms with van der Waals surface area (Å²) in [6.07, 6.45) is 0. The van der Waals surface area contributed by atoms with E-state index in [-0.39, 0.29) is 10.8 Å². The van der Waals surface area contributed by atoms with Gasteiger partial charge in [-0.05, 0) is 51.8 Å². The maximum Gasteiger partial charge on any atom is 0.0975 e. The first-order valence-corrected chi connectivity index (χ1v) is 7.60. The second-order valence-electron chi connectivity index (χ2n) is 5.23. The van der Waals surface area contributed by atoms with Gasteiger partial charge in [-0.25, -0.2) is 8.93 Å². The summed E-state index contributed by atoms with van der Waals surface area (Å²) in [5.41, 5.74) is 2.35. The molecule has 2 unspecified atom stereocenters. The third-order valence-electron chi connectivity index (χ3n) is 2.54. The van der Waals surface area contributed by atoms with Gasteiger partial charge in [-0.3, -0.25) is 0 Å². The Morgan fingerprint density at radius 2 is 1.94 bits per heavy atom. The zero-order valence-corrected chi connectivity index (χ0v) is 13.4. The molecule has 0 fully saturated rings. The van der Waals surface area contributed by atoms with E-state index in [0.29, 0.717) is 0 Å². The van der Waals surface area contributed by atoms with Crippen LogP contribution in [-0.2, 0) is 11.0 Å². The highest BCUT2D eigenvalue weighted by atomic mass is 79.9. The molecule has 0 spiro atoms. The molecule has 0 saturated heterocycles.